The quantitative estimate of drug-likeness (QED) is 0.667. The highest BCUT2D eigenvalue weighted by Gasteiger charge is 2.13. The van der Waals surface area contributed by atoms with Crippen LogP contribution in [0.2, 0.25) is 0 Å². The first kappa shape index (κ1) is 17.4. The zero-order valence-corrected chi connectivity index (χ0v) is 14.6. The van der Waals surface area contributed by atoms with Crippen molar-refractivity contribution in [3.05, 3.63) is 90.5 Å². The molecule has 0 bridgehead atoms. The number of rotatable bonds is 7. The molecule has 0 saturated carbocycles. The average Bonchev–Trinajstić information content (AvgIpc) is 3.34. The maximum atomic E-state index is 12.3. The summed E-state index contributed by atoms with van der Waals surface area (Å²) in [5, 5.41) is 11.3. The first-order valence-electron chi connectivity index (χ1n) is 8.44. The third-order valence-corrected chi connectivity index (χ3v) is 3.83. The molecule has 1 aromatic carbocycles. The molecule has 0 saturated heterocycles. The monoisotopic (exact) mass is 347 g/mol. The van der Waals surface area contributed by atoms with Gasteiger partial charge in [0, 0.05) is 24.8 Å². The molecule has 26 heavy (non-hydrogen) atoms. The number of hydrogen-bond acceptors (Lipinski definition) is 3. The van der Waals surface area contributed by atoms with Gasteiger partial charge in [0.25, 0.3) is 5.91 Å². The Hall–Kier alpha value is -3.41. The van der Waals surface area contributed by atoms with Crippen LogP contribution in [0.15, 0.2) is 79.3 Å². The Morgan fingerprint density at radius 1 is 1.15 bits per heavy atom. The molecule has 1 atom stereocenters. The number of carbonyl (C=O) groups is 1. The number of allylic oxidation sites excluding steroid dienone is 3. The second kappa shape index (κ2) is 8.62. The number of hydrogen-bond donors (Lipinski definition) is 1. The third-order valence-electron chi connectivity index (χ3n) is 3.83. The van der Waals surface area contributed by atoms with Crippen LogP contribution in [-0.4, -0.2) is 25.5 Å². The minimum absolute atomic E-state index is 0.0744. The van der Waals surface area contributed by atoms with Gasteiger partial charge in [-0.3, -0.25) is 9.48 Å². The van der Waals surface area contributed by atoms with Gasteiger partial charge in [-0.15, -0.1) is 0 Å². The van der Waals surface area contributed by atoms with Crippen LogP contribution in [0, 0.1) is 0 Å². The highest BCUT2D eigenvalue weighted by molar-refractivity contribution is 5.92. The molecule has 0 spiro atoms. The van der Waals surface area contributed by atoms with Crippen molar-refractivity contribution in [1.82, 2.24) is 24.9 Å². The van der Waals surface area contributed by atoms with Gasteiger partial charge in [-0.05, 0) is 30.7 Å². The van der Waals surface area contributed by atoms with Crippen molar-refractivity contribution in [3.8, 4) is 0 Å². The number of benzene rings is 1. The Morgan fingerprint density at radius 3 is 2.77 bits per heavy atom. The Kier molecular flexibility index (Phi) is 5.77. The van der Waals surface area contributed by atoms with Gasteiger partial charge < -0.3 is 5.32 Å². The summed E-state index contributed by atoms with van der Waals surface area (Å²) >= 11 is 0. The molecule has 0 aliphatic heterocycles. The van der Waals surface area contributed by atoms with E-state index in [0.29, 0.717) is 12.2 Å². The summed E-state index contributed by atoms with van der Waals surface area (Å²) in [5.74, 6) is -0.192. The first-order valence-corrected chi connectivity index (χ1v) is 8.44. The van der Waals surface area contributed by atoms with E-state index in [9.17, 15) is 4.79 Å². The van der Waals surface area contributed by atoms with Crippen molar-refractivity contribution < 1.29 is 4.79 Å². The molecule has 1 N–H and O–H groups in total. The average molecular weight is 347 g/mol. The molecule has 0 aliphatic carbocycles. The second-order valence-electron chi connectivity index (χ2n) is 5.78. The molecule has 6 heteroatoms. The van der Waals surface area contributed by atoms with Gasteiger partial charge in [0.1, 0.15) is 0 Å². The second-order valence-corrected chi connectivity index (χ2v) is 5.78. The molecule has 2 aromatic heterocycles. The number of aromatic nitrogens is 4. The molecular weight excluding hydrogens is 326 g/mol. The lowest BCUT2D eigenvalue weighted by atomic mass is 10.1. The minimum atomic E-state index is -0.192. The molecular formula is C20H21N5O. The summed E-state index contributed by atoms with van der Waals surface area (Å²) < 4.78 is 3.44. The predicted molar refractivity (Wildman–Crippen MR) is 101 cm³/mol. The van der Waals surface area contributed by atoms with E-state index in [1.807, 2.05) is 72.4 Å². The summed E-state index contributed by atoms with van der Waals surface area (Å²) in [6.45, 7) is 2.66. The van der Waals surface area contributed by atoms with E-state index in [2.05, 4.69) is 15.5 Å². The SMILES string of the molecule is C[C@@H](NC(=O)c1ccn(/C=C/C=C/Cn2cccn2)n1)c1ccccc1. The summed E-state index contributed by atoms with van der Waals surface area (Å²) in [6.07, 6.45) is 13.0. The Bertz CT molecular complexity index is 878. The van der Waals surface area contributed by atoms with Crippen LogP contribution in [0.3, 0.4) is 0 Å². The standard InChI is InChI=1S/C20H21N5O/c1-17(18-9-4-2-5-10-18)22-20(26)19-11-16-25(23-19)14-7-3-6-13-24-15-8-12-21-24/h2-12,14-17H,13H2,1H3,(H,22,26)/b6-3+,14-7+/t17-/m1/s1. The number of nitrogens with zero attached hydrogens (tertiary/aromatic N) is 4. The molecule has 2 heterocycles. The van der Waals surface area contributed by atoms with Crippen molar-refractivity contribution in [2.24, 2.45) is 0 Å². The number of nitrogens with one attached hydrogen (secondary N) is 1. The van der Waals surface area contributed by atoms with Gasteiger partial charge in [-0.25, -0.2) is 4.68 Å². The van der Waals surface area contributed by atoms with Crippen LogP contribution < -0.4 is 5.32 Å². The molecule has 0 fully saturated rings. The van der Waals surface area contributed by atoms with Crippen LogP contribution in [0.25, 0.3) is 6.20 Å². The summed E-state index contributed by atoms with van der Waals surface area (Å²) in [5.41, 5.74) is 1.44. The summed E-state index contributed by atoms with van der Waals surface area (Å²) in [4.78, 5) is 12.3. The van der Waals surface area contributed by atoms with Gasteiger partial charge in [0.15, 0.2) is 5.69 Å². The highest BCUT2D eigenvalue weighted by Crippen LogP contribution is 2.11. The van der Waals surface area contributed by atoms with Gasteiger partial charge in [0.2, 0.25) is 0 Å². The lowest BCUT2D eigenvalue weighted by Crippen LogP contribution is -2.27. The van der Waals surface area contributed by atoms with E-state index in [4.69, 9.17) is 0 Å². The summed E-state index contributed by atoms with van der Waals surface area (Å²) in [7, 11) is 0. The zero-order valence-electron chi connectivity index (χ0n) is 14.6. The van der Waals surface area contributed by atoms with Crippen LogP contribution in [0.1, 0.15) is 29.0 Å². The largest absolute Gasteiger partial charge is 0.344 e. The van der Waals surface area contributed by atoms with Crippen LogP contribution in [-0.2, 0) is 6.54 Å². The fourth-order valence-corrected chi connectivity index (χ4v) is 2.43. The molecule has 3 rings (SSSR count). The van der Waals surface area contributed by atoms with Gasteiger partial charge >= 0.3 is 0 Å². The van der Waals surface area contributed by atoms with Crippen molar-refractivity contribution >= 4 is 12.1 Å². The minimum Gasteiger partial charge on any atom is -0.344 e. The molecule has 1 amide bonds. The molecule has 0 radical (unpaired) electrons. The number of amides is 1. The maximum Gasteiger partial charge on any atom is 0.272 e. The zero-order chi connectivity index (χ0) is 18.2. The van der Waals surface area contributed by atoms with Gasteiger partial charge in [-0.1, -0.05) is 42.5 Å². The lowest BCUT2D eigenvalue weighted by Gasteiger charge is -2.13. The Morgan fingerprint density at radius 2 is 2.00 bits per heavy atom. The van der Waals surface area contributed by atoms with E-state index in [1.54, 1.807) is 29.3 Å². The number of carbonyl (C=O) groups excluding carboxylic acids is 1. The van der Waals surface area contributed by atoms with E-state index >= 15 is 0 Å². The molecule has 132 valence electrons. The van der Waals surface area contributed by atoms with Crippen molar-refractivity contribution in [2.75, 3.05) is 0 Å². The van der Waals surface area contributed by atoms with E-state index in [1.165, 1.54) is 0 Å². The molecule has 3 aromatic rings. The third kappa shape index (κ3) is 4.80. The predicted octanol–water partition coefficient (Wildman–Crippen LogP) is 3.30. The molecule has 6 nitrogen and oxygen atoms in total. The maximum absolute atomic E-state index is 12.3. The van der Waals surface area contributed by atoms with Crippen LogP contribution >= 0.6 is 0 Å². The van der Waals surface area contributed by atoms with E-state index in [0.717, 1.165) is 5.56 Å². The summed E-state index contributed by atoms with van der Waals surface area (Å²) in [6, 6.07) is 13.4. The van der Waals surface area contributed by atoms with Gasteiger partial charge in [-0.2, -0.15) is 10.2 Å². The highest BCUT2D eigenvalue weighted by atomic mass is 16.2. The van der Waals surface area contributed by atoms with E-state index in [-0.39, 0.29) is 11.9 Å². The van der Waals surface area contributed by atoms with E-state index < -0.39 is 0 Å². The Labute approximate surface area is 152 Å². The van der Waals surface area contributed by atoms with Crippen LogP contribution in [0.4, 0.5) is 0 Å². The fourth-order valence-electron chi connectivity index (χ4n) is 2.43. The van der Waals surface area contributed by atoms with Crippen molar-refractivity contribution in [2.45, 2.75) is 19.5 Å². The smallest absolute Gasteiger partial charge is 0.272 e. The normalized spacial score (nSPS) is 12.7. The fraction of sp³-hybridized carbons (Fsp3) is 0.150. The van der Waals surface area contributed by atoms with Crippen molar-refractivity contribution in [3.63, 3.8) is 0 Å². The van der Waals surface area contributed by atoms with Gasteiger partial charge in [0.05, 0.1) is 12.6 Å². The van der Waals surface area contributed by atoms with Crippen molar-refractivity contribution in [1.29, 1.82) is 0 Å². The lowest BCUT2D eigenvalue weighted by molar-refractivity contribution is 0.0934. The Balaban J connectivity index is 1.52. The molecule has 0 unspecified atom stereocenters. The first-order chi connectivity index (χ1) is 12.7. The van der Waals surface area contributed by atoms with Crippen LogP contribution in [0.5, 0.6) is 0 Å². The topological polar surface area (TPSA) is 64.7 Å². The molecule has 0 aliphatic rings.